The molecule has 0 aliphatic heterocycles. The lowest BCUT2D eigenvalue weighted by molar-refractivity contribution is 0.623. The number of nitrogens with one attached hydrogen (secondary N) is 1. The summed E-state index contributed by atoms with van der Waals surface area (Å²) >= 11 is 0. The first kappa shape index (κ1) is 12.7. The molecule has 0 saturated carbocycles. The van der Waals surface area contributed by atoms with E-state index < -0.39 is 0 Å². The van der Waals surface area contributed by atoms with Crippen molar-refractivity contribution in [2.24, 2.45) is 0 Å². The first-order valence-corrected chi connectivity index (χ1v) is 6.44. The summed E-state index contributed by atoms with van der Waals surface area (Å²) in [6.07, 6.45) is 0. The Morgan fingerprint density at radius 2 is 1.89 bits per heavy atom. The summed E-state index contributed by atoms with van der Waals surface area (Å²) in [5.74, 6) is 0. The zero-order chi connectivity index (χ0) is 13.1. The molecule has 1 N–H and O–H groups in total. The predicted octanol–water partition coefficient (Wildman–Crippen LogP) is 3.44. The first-order valence-electron chi connectivity index (χ1n) is 6.44. The number of anilines is 1. The van der Waals surface area contributed by atoms with Crippen molar-refractivity contribution in [2.75, 3.05) is 5.32 Å². The SMILES string of the molecule is CCn1nc(C)cc1CNc1ccc(C)c(C)c1. The summed E-state index contributed by atoms with van der Waals surface area (Å²) < 4.78 is 2.05. The fourth-order valence-electron chi connectivity index (χ4n) is 2.06. The van der Waals surface area contributed by atoms with Crippen LogP contribution in [0.5, 0.6) is 0 Å². The number of hydrogen-bond donors (Lipinski definition) is 1. The van der Waals surface area contributed by atoms with E-state index in [1.54, 1.807) is 0 Å². The van der Waals surface area contributed by atoms with Gasteiger partial charge in [-0.25, -0.2) is 0 Å². The van der Waals surface area contributed by atoms with Crippen LogP contribution in [0.2, 0.25) is 0 Å². The molecule has 0 bridgehead atoms. The second-order valence-electron chi connectivity index (χ2n) is 4.75. The zero-order valence-electron chi connectivity index (χ0n) is 11.6. The Hall–Kier alpha value is -1.77. The average Bonchev–Trinajstić information content (AvgIpc) is 2.71. The molecule has 0 unspecified atom stereocenters. The summed E-state index contributed by atoms with van der Waals surface area (Å²) in [5, 5.41) is 7.91. The molecule has 18 heavy (non-hydrogen) atoms. The monoisotopic (exact) mass is 243 g/mol. The summed E-state index contributed by atoms with van der Waals surface area (Å²) in [4.78, 5) is 0. The molecule has 0 saturated heterocycles. The van der Waals surface area contributed by atoms with Crippen molar-refractivity contribution in [1.29, 1.82) is 0 Å². The summed E-state index contributed by atoms with van der Waals surface area (Å²) in [7, 11) is 0. The molecule has 0 fully saturated rings. The molecule has 2 aromatic rings. The minimum absolute atomic E-state index is 0.817. The Morgan fingerprint density at radius 3 is 2.56 bits per heavy atom. The number of aryl methyl sites for hydroxylation is 4. The van der Waals surface area contributed by atoms with Crippen LogP contribution in [-0.4, -0.2) is 9.78 Å². The highest BCUT2D eigenvalue weighted by Crippen LogP contribution is 2.15. The molecule has 0 atom stereocenters. The zero-order valence-corrected chi connectivity index (χ0v) is 11.6. The van der Waals surface area contributed by atoms with E-state index in [1.807, 2.05) is 11.6 Å². The minimum Gasteiger partial charge on any atom is -0.379 e. The fraction of sp³-hybridized carbons (Fsp3) is 0.400. The van der Waals surface area contributed by atoms with Crippen molar-refractivity contribution in [2.45, 2.75) is 40.8 Å². The number of rotatable bonds is 4. The van der Waals surface area contributed by atoms with Crippen LogP contribution in [0.1, 0.15) is 29.4 Å². The van der Waals surface area contributed by atoms with Crippen molar-refractivity contribution in [3.8, 4) is 0 Å². The molecular weight excluding hydrogens is 222 g/mol. The molecule has 0 spiro atoms. The summed E-state index contributed by atoms with van der Waals surface area (Å²) in [5.41, 5.74) is 6.12. The van der Waals surface area contributed by atoms with E-state index in [9.17, 15) is 0 Å². The van der Waals surface area contributed by atoms with Crippen LogP contribution < -0.4 is 5.32 Å². The van der Waals surface area contributed by atoms with Crippen LogP contribution in [0.15, 0.2) is 24.3 Å². The Kier molecular flexibility index (Phi) is 3.70. The molecule has 0 aliphatic rings. The van der Waals surface area contributed by atoms with Gasteiger partial charge in [0.15, 0.2) is 0 Å². The van der Waals surface area contributed by atoms with Gasteiger partial charge in [0.1, 0.15) is 0 Å². The van der Waals surface area contributed by atoms with Gasteiger partial charge >= 0.3 is 0 Å². The van der Waals surface area contributed by atoms with E-state index in [2.05, 4.69) is 55.5 Å². The largest absolute Gasteiger partial charge is 0.379 e. The molecule has 96 valence electrons. The third-order valence-electron chi connectivity index (χ3n) is 3.27. The molecule has 2 rings (SSSR count). The maximum Gasteiger partial charge on any atom is 0.0597 e. The third-order valence-corrected chi connectivity index (χ3v) is 3.27. The van der Waals surface area contributed by atoms with Gasteiger partial charge < -0.3 is 5.32 Å². The first-order chi connectivity index (χ1) is 8.60. The van der Waals surface area contributed by atoms with Crippen molar-refractivity contribution >= 4 is 5.69 Å². The van der Waals surface area contributed by atoms with Crippen LogP contribution in [0.25, 0.3) is 0 Å². The molecule has 1 aromatic heterocycles. The lowest BCUT2D eigenvalue weighted by Gasteiger charge is -2.09. The number of hydrogen-bond acceptors (Lipinski definition) is 2. The highest BCUT2D eigenvalue weighted by atomic mass is 15.3. The molecule has 0 radical (unpaired) electrons. The van der Waals surface area contributed by atoms with Crippen LogP contribution in [0.3, 0.4) is 0 Å². The van der Waals surface area contributed by atoms with Gasteiger partial charge in [-0.05, 0) is 57.0 Å². The Morgan fingerprint density at radius 1 is 1.11 bits per heavy atom. The van der Waals surface area contributed by atoms with Gasteiger partial charge in [-0.15, -0.1) is 0 Å². The topological polar surface area (TPSA) is 29.9 Å². The normalized spacial score (nSPS) is 10.7. The molecular formula is C15H21N3. The molecule has 3 nitrogen and oxygen atoms in total. The van der Waals surface area contributed by atoms with Crippen LogP contribution >= 0.6 is 0 Å². The summed E-state index contributed by atoms with van der Waals surface area (Å²) in [6.45, 7) is 10.2. The molecule has 0 amide bonds. The van der Waals surface area contributed by atoms with Crippen molar-refractivity contribution < 1.29 is 0 Å². The quantitative estimate of drug-likeness (QED) is 0.891. The highest BCUT2D eigenvalue weighted by molar-refractivity contribution is 5.48. The molecule has 0 aliphatic carbocycles. The maximum atomic E-state index is 4.45. The van der Waals surface area contributed by atoms with Crippen molar-refractivity contribution in [3.05, 3.63) is 46.8 Å². The lowest BCUT2D eigenvalue weighted by Crippen LogP contribution is -2.08. The highest BCUT2D eigenvalue weighted by Gasteiger charge is 2.03. The van der Waals surface area contributed by atoms with Gasteiger partial charge in [0, 0.05) is 12.2 Å². The van der Waals surface area contributed by atoms with E-state index in [0.717, 1.165) is 18.8 Å². The Balaban J connectivity index is 2.08. The molecule has 3 heteroatoms. The van der Waals surface area contributed by atoms with Gasteiger partial charge in [0.25, 0.3) is 0 Å². The van der Waals surface area contributed by atoms with E-state index in [1.165, 1.54) is 22.5 Å². The minimum atomic E-state index is 0.817. The van der Waals surface area contributed by atoms with Gasteiger partial charge in [0.2, 0.25) is 0 Å². The van der Waals surface area contributed by atoms with Crippen molar-refractivity contribution in [1.82, 2.24) is 9.78 Å². The third kappa shape index (κ3) is 2.73. The Bertz CT molecular complexity index is 541. The maximum absolute atomic E-state index is 4.45. The molecule has 1 heterocycles. The number of benzene rings is 1. The molecule has 1 aromatic carbocycles. The van der Waals surface area contributed by atoms with Gasteiger partial charge in [-0.1, -0.05) is 6.07 Å². The van der Waals surface area contributed by atoms with E-state index in [4.69, 9.17) is 0 Å². The standard InChI is InChI=1S/C15H21N3/c1-5-18-15(9-13(4)17-18)10-16-14-7-6-11(2)12(3)8-14/h6-9,16H,5,10H2,1-4H3. The smallest absolute Gasteiger partial charge is 0.0597 e. The lowest BCUT2D eigenvalue weighted by atomic mass is 10.1. The fourth-order valence-corrected chi connectivity index (χ4v) is 2.06. The van der Waals surface area contributed by atoms with Gasteiger partial charge in [-0.2, -0.15) is 5.10 Å². The second-order valence-corrected chi connectivity index (χ2v) is 4.75. The van der Waals surface area contributed by atoms with Crippen LogP contribution in [0.4, 0.5) is 5.69 Å². The average molecular weight is 243 g/mol. The van der Waals surface area contributed by atoms with E-state index in [0.29, 0.717) is 0 Å². The van der Waals surface area contributed by atoms with E-state index in [-0.39, 0.29) is 0 Å². The van der Waals surface area contributed by atoms with Gasteiger partial charge in [-0.3, -0.25) is 4.68 Å². The summed E-state index contributed by atoms with van der Waals surface area (Å²) in [6, 6.07) is 8.61. The van der Waals surface area contributed by atoms with Crippen LogP contribution in [-0.2, 0) is 13.1 Å². The van der Waals surface area contributed by atoms with Crippen LogP contribution in [0, 0.1) is 20.8 Å². The predicted molar refractivity (Wildman–Crippen MR) is 75.9 cm³/mol. The van der Waals surface area contributed by atoms with E-state index >= 15 is 0 Å². The number of aromatic nitrogens is 2. The second kappa shape index (κ2) is 5.25. The number of nitrogens with zero attached hydrogens (tertiary/aromatic N) is 2. The van der Waals surface area contributed by atoms with Crippen molar-refractivity contribution in [3.63, 3.8) is 0 Å². The Labute approximate surface area is 109 Å². The van der Waals surface area contributed by atoms with Gasteiger partial charge in [0.05, 0.1) is 17.9 Å².